The first-order valence-electron chi connectivity index (χ1n) is 10.5. The van der Waals surface area contributed by atoms with Crippen molar-refractivity contribution in [3.05, 3.63) is 59.7 Å². The molecule has 3 aromatic rings. The molecule has 2 aliphatic heterocycles. The van der Waals surface area contributed by atoms with E-state index < -0.39 is 16.7 Å². The minimum atomic E-state index is -2.84. The summed E-state index contributed by atoms with van der Waals surface area (Å²) in [6.45, 7) is 4.16. The van der Waals surface area contributed by atoms with Gasteiger partial charge >= 0.3 is 0 Å². The molecule has 31 heavy (non-hydrogen) atoms. The summed E-state index contributed by atoms with van der Waals surface area (Å²) in [5.74, 6) is 1.05. The Hall–Kier alpha value is -2.36. The molecule has 0 amide bonds. The minimum Gasteiger partial charge on any atom is -0.390 e. The number of β-amino-alcohol motifs (C(OH)–C–C–N with tert-alkyl or cyclic N) is 1. The second-order valence-corrected chi connectivity index (χ2v) is 10.7. The number of nitrogens with zero attached hydrogens (tertiary/aromatic N) is 3. The predicted octanol–water partition coefficient (Wildman–Crippen LogP) is 3.18. The summed E-state index contributed by atoms with van der Waals surface area (Å²) in [6, 6.07) is 15.5. The zero-order chi connectivity index (χ0) is 21.8. The number of aromatic nitrogens is 1. The highest BCUT2D eigenvalue weighted by atomic mass is 32.3. The zero-order valence-corrected chi connectivity index (χ0v) is 18.3. The van der Waals surface area contributed by atoms with Crippen molar-refractivity contribution in [2.75, 3.05) is 35.2 Å². The van der Waals surface area contributed by atoms with Gasteiger partial charge in [0.15, 0.2) is 0 Å². The fourth-order valence-corrected chi connectivity index (χ4v) is 6.07. The zero-order valence-electron chi connectivity index (χ0n) is 17.5. The van der Waals surface area contributed by atoms with Gasteiger partial charge in [-0.2, -0.15) is 10.6 Å². The third kappa shape index (κ3) is 3.75. The Morgan fingerprint density at radius 1 is 1.06 bits per heavy atom. The van der Waals surface area contributed by atoms with Crippen LogP contribution in [0, 0.1) is 6.92 Å². The van der Waals surface area contributed by atoms with Gasteiger partial charge in [0.25, 0.3) is 0 Å². The molecule has 5 rings (SSSR count). The molecule has 3 heterocycles. The van der Waals surface area contributed by atoms with E-state index in [1.807, 2.05) is 42.5 Å². The van der Waals surface area contributed by atoms with Crippen LogP contribution < -0.4 is 15.5 Å². The molecule has 2 unspecified atom stereocenters. The second-order valence-electron chi connectivity index (χ2n) is 8.56. The summed E-state index contributed by atoms with van der Waals surface area (Å²) < 4.78 is 21.4. The fraction of sp³-hybridized carbons (Fsp3) is 0.348. The summed E-state index contributed by atoms with van der Waals surface area (Å²) in [5, 5.41) is 11.3. The van der Waals surface area contributed by atoms with Gasteiger partial charge in [-0.25, -0.2) is 4.98 Å². The van der Waals surface area contributed by atoms with E-state index in [-0.39, 0.29) is 11.8 Å². The number of fused-ring (bicyclic) bond motifs is 2. The van der Waals surface area contributed by atoms with E-state index in [1.54, 1.807) is 0 Å². The molecule has 0 bridgehead atoms. The van der Waals surface area contributed by atoms with E-state index >= 15 is 0 Å². The number of rotatable bonds is 2. The molecular formula is C23H28N4O3S. The fourth-order valence-electron chi connectivity index (χ4n) is 4.52. The smallest absolute Gasteiger partial charge is 0.131 e. The summed E-state index contributed by atoms with van der Waals surface area (Å²) in [6.07, 6.45) is -0.561. The topological polar surface area (TPSA) is 106 Å². The number of aliphatic hydroxyl groups excluding tert-OH is 1. The van der Waals surface area contributed by atoms with Crippen LogP contribution in [0.5, 0.6) is 0 Å². The lowest BCUT2D eigenvalue weighted by Crippen LogP contribution is -2.32. The van der Waals surface area contributed by atoms with Gasteiger partial charge in [0.2, 0.25) is 0 Å². The molecule has 2 aromatic carbocycles. The monoisotopic (exact) mass is 440 g/mol. The first-order chi connectivity index (χ1) is 14.8. The molecule has 0 spiro atoms. The molecule has 1 saturated heterocycles. The average molecular weight is 441 g/mol. The van der Waals surface area contributed by atoms with Crippen LogP contribution in [-0.2, 0) is 6.54 Å². The van der Waals surface area contributed by atoms with Crippen LogP contribution in [0.25, 0.3) is 10.9 Å². The lowest BCUT2D eigenvalue weighted by atomic mass is 10.1. The average Bonchev–Trinajstić information content (AvgIpc) is 3.01. The molecule has 0 radical (unpaired) electrons. The lowest BCUT2D eigenvalue weighted by molar-refractivity contribution is 0.180. The predicted molar refractivity (Wildman–Crippen MR) is 126 cm³/mol. The van der Waals surface area contributed by atoms with Crippen LogP contribution in [0.15, 0.2) is 53.4 Å². The first kappa shape index (κ1) is 20.5. The molecule has 0 saturated carbocycles. The van der Waals surface area contributed by atoms with Crippen molar-refractivity contribution in [1.82, 2.24) is 4.98 Å². The number of hydrogen-bond donors (Lipinski definition) is 4. The molecule has 2 atom stereocenters. The molecule has 164 valence electrons. The lowest BCUT2D eigenvalue weighted by Gasteiger charge is -2.32. The number of benzene rings is 2. The van der Waals surface area contributed by atoms with E-state index in [1.165, 1.54) is 0 Å². The Morgan fingerprint density at radius 3 is 2.65 bits per heavy atom. The van der Waals surface area contributed by atoms with Gasteiger partial charge in [0.1, 0.15) is 5.82 Å². The summed E-state index contributed by atoms with van der Waals surface area (Å²) >= 11 is 0. The van der Waals surface area contributed by atoms with Crippen LogP contribution in [0.4, 0.5) is 11.5 Å². The van der Waals surface area contributed by atoms with Gasteiger partial charge in [-0.3, -0.25) is 9.11 Å². The van der Waals surface area contributed by atoms with Crippen molar-refractivity contribution < 1.29 is 14.2 Å². The molecule has 1 aromatic heterocycles. The quantitative estimate of drug-likeness (QED) is 0.485. The first-order valence-corrected chi connectivity index (χ1v) is 12.2. The molecule has 5 N–H and O–H groups in total. The van der Waals surface area contributed by atoms with E-state index in [2.05, 4.69) is 22.8 Å². The van der Waals surface area contributed by atoms with Gasteiger partial charge in [0.05, 0.1) is 22.3 Å². The largest absolute Gasteiger partial charge is 0.390 e. The van der Waals surface area contributed by atoms with Crippen molar-refractivity contribution in [2.45, 2.75) is 30.5 Å². The highest BCUT2D eigenvalue weighted by Gasteiger charge is 2.31. The van der Waals surface area contributed by atoms with E-state index in [9.17, 15) is 14.2 Å². The molecule has 1 fully saturated rings. The number of hydrogen-bond acceptors (Lipinski definition) is 7. The summed E-state index contributed by atoms with van der Waals surface area (Å²) in [5.41, 5.74) is 10.0. The van der Waals surface area contributed by atoms with Crippen LogP contribution in [-0.4, -0.2) is 56.7 Å². The summed E-state index contributed by atoms with van der Waals surface area (Å²) in [4.78, 5) is 9.78. The maximum Gasteiger partial charge on any atom is 0.131 e. The van der Waals surface area contributed by atoms with Gasteiger partial charge < -0.3 is 20.6 Å². The highest BCUT2D eigenvalue weighted by molar-refractivity contribution is 8.24. The second kappa shape index (κ2) is 7.65. The van der Waals surface area contributed by atoms with Crippen LogP contribution in [0.1, 0.15) is 11.1 Å². The number of nitrogens with two attached hydrogens (primary N) is 1. The standard InChI is InChI=1S/C23H28N4O3S/c1-15-6-7-19-17(10-15)20(27-13-18(24)21(28)14-27)11-23(25-19)26-8-9-31(29,30)22-5-3-2-4-16(22)12-26/h2-7,10-11,18,21,28-30H,8-9,12-14,24H2,1H3. The van der Waals surface area contributed by atoms with Crippen LogP contribution in [0.3, 0.4) is 0 Å². The van der Waals surface area contributed by atoms with Crippen LogP contribution >= 0.6 is 10.6 Å². The van der Waals surface area contributed by atoms with Crippen molar-refractivity contribution in [1.29, 1.82) is 0 Å². The van der Waals surface area contributed by atoms with Crippen molar-refractivity contribution in [3.63, 3.8) is 0 Å². The highest BCUT2D eigenvalue weighted by Crippen LogP contribution is 2.51. The molecule has 8 heteroatoms. The number of pyridine rings is 1. The van der Waals surface area contributed by atoms with Crippen LogP contribution in [0.2, 0.25) is 0 Å². The Morgan fingerprint density at radius 2 is 1.87 bits per heavy atom. The maximum atomic E-state index is 10.7. The molecule has 7 nitrogen and oxygen atoms in total. The maximum absolute atomic E-state index is 10.7. The molecule has 0 aliphatic carbocycles. The Bertz CT molecular complexity index is 1130. The third-order valence-corrected chi connectivity index (χ3v) is 8.11. The van der Waals surface area contributed by atoms with Crippen molar-refractivity contribution >= 4 is 33.0 Å². The van der Waals surface area contributed by atoms with Crippen molar-refractivity contribution in [3.8, 4) is 0 Å². The van der Waals surface area contributed by atoms with E-state index in [0.29, 0.717) is 31.1 Å². The summed E-state index contributed by atoms with van der Waals surface area (Å²) in [7, 11) is -2.84. The normalized spacial score (nSPS) is 24.2. The van der Waals surface area contributed by atoms with Gasteiger partial charge in [-0.15, -0.1) is 0 Å². The van der Waals surface area contributed by atoms with Gasteiger partial charge in [-0.1, -0.05) is 29.8 Å². The Labute approximate surface area is 183 Å². The molecular weight excluding hydrogens is 412 g/mol. The van der Waals surface area contributed by atoms with Gasteiger partial charge in [0, 0.05) is 49.4 Å². The van der Waals surface area contributed by atoms with E-state index in [0.717, 1.165) is 33.5 Å². The minimum absolute atomic E-state index is 0.264. The SMILES string of the molecule is Cc1ccc2nc(N3CCS(O)(O)c4ccccc4C3)cc(N3CC(N)C(O)C3)c2c1. The van der Waals surface area contributed by atoms with Gasteiger partial charge in [-0.05, 0) is 30.7 Å². The van der Waals surface area contributed by atoms with E-state index in [4.69, 9.17) is 10.7 Å². The third-order valence-electron chi connectivity index (χ3n) is 6.26. The molecule has 2 aliphatic rings. The van der Waals surface area contributed by atoms with Crippen molar-refractivity contribution in [2.24, 2.45) is 5.73 Å². The number of aliphatic hydroxyl groups is 1. The number of anilines is 2. The Kier molecular flexibility index (Phi) is 5.07. The number of aryl methyl sites for hydroxylation is 1. The Balaban J connectivity index is 1.60.